The van der Waals surface area contributed by atoms with Crippen molar-refractivity contribution in [2.75, 3.05) is 0 Å². The van der Waals surface area contributed by atoms with Crippen molar-refractivity contribution in [3.05, 3.63) is 58.7 Å². The van der Waals surface area contributed by atoms with Crippen LogP contribution < -0.4 is 9.41 Å². The van der Waals surface area contributed by atoms with Crippen LogP contribution in [0.15, 0.2) is 36.4 Å². The van der Waals surface area contributed by atoms with Gasteiger partial charge in [-0.15, -0.1) is 0 Å². The van der Waals surface area contributed by atoms with Gasteiger partial charge in [-0.2, -0.15) is 34.4 Å². The molecule has 0 N–H and O–H groups in total. The average Bonchev–Trinajstić information content (AvgIpc) is 3.03. The van der Waals surface area contributed by atoms with Crippen molar-refractivity contribution in [3.8, 4) is 0 Å². The first kappa shape index (κ1) is 31.4. The van der Waals surface area contributed by atoms with Crippen LogP contribution in [-0.2, 0) is 39.0 Å². The van der Waals surface area contributed by atoms with Crippen molar-refractivity contribution in [1.82, 2.24) is 0 Å². The third-order valence-electron chi connectivity index (χ3n) is 3.34. The van der Waals surface area contributed by atoms with Crippen LogP contribution in [0.2, 0.25) is 13.1 Å². The predicted molar refractivity (Wildman–Crippen MR) is 100 cm³/mol. The fourth-order valence-corrected chi connectivity index (χ4v) is 2.19. The molecule has 0 nitrogen and oxygen atoms in total. The van der Waals surface area contributed by atoms with E-state index in [1.54, 1.807) is 0 Å². The first-order valence-corrected chi connectivity index (χ1v) is 10.6. The Morgan fingerprint density at radius 2 is 1.08 bits per heavy atom. The van der Waals surface area contributed by atoms with E-state index in [1.165, 1.54) is 47.9 Å². The Balaban J connectivity index is -0.000000130. The maximum Gasteiger partial charge on any atom is 4.00 e. The summed E-state index contributed by atoms with van der Waals surface area (Å²) in [5.41, 5.74) is 5.91. The summed E-state index contributed by atoms with van der Waals surface area (Å²) in [6.45, 7) is 13.2. The molecule has 0 aliphatic heterocycles. The summed E-state index contributed by atoms with van der Waals surface area (Å²) in [6, 6.07) is 13.0. The maximum atomic E-state index is 2.21. The fraction of sp³-hybridized carbons (Fsp3) is 0.500. The summed E-state index contributed by atoms with van der Waals surface area (Å²) in [5.74, 6) is 0. The van der Waals surface area contributed by atoms with E-state index in [0.29, 0.717) is 0 Å². The molecule has 0 saturated heterocycles. The zero-order valence-corrected chi connectivity index (χ0v) is 19.7. The van der Waals surface area contributed by atoms with E-state index in [1.807, 2.05) is 0 Å². The van der Waals surface area contributed by atoms with Crippen LogP contribution in [0.4, 0.5) is 0 Å². The van der Waals surface area contributed by atoms with Gasteiger partial charge in [-0.1, -0.05) is 66.5 Å². The molecule has 0 amide bonds. The third-order valence-corrected chi connectivity index (χ3v) is 3.34. The molecule has 0 spiro atoms. The Morgan fingerprint density at radius 3 is 1.25 bits per heavy atom. The molecule has 4 heteroatoms. The maximum absolute atomic E-state index is 2.21. The Bertz CT molecular complexity index is 421. The van der Waals surface area contributed by atoms with Crippen molar-refractivity contribution >= 4 is 9.52 Å². The summed E-state index contributed by atoms with van der Waals surface area (Å²) in [6.07, 6.45) is 4.98. The van der Waals surface area contributed by atoms with Gasteiger partial charge in [0.1, 0.15) is 0 Å². The first-order chi connectivity index (χ1) is 10.1. The second-order valence-corrected chi connectivity index (χ2v) is 6.70. The Hall–Kier alpha value is -0.340. The minimum absolute atomic E-state index is 0. The van der Waals surface area contributed by atoms with Gasteiger partial charge in [0.05, 0.1) is 0 Å². The predicted octanol–water partition coefficient (Wildman–Crippen LogP) is -0.143. The SMILES string of the molecule is CCC[c-]1cccc1C.CCC[c-]1cccc1C.C[SiH]C.[F-].[F-].[Zr+4]. The van der Waals surface area contributed by atoms with Crippen molar-refractivity contribution in [2.24, 2.45) is 0 Å². The number of aryl methyl sites for hydroxylation is 4. The molecule has 0 atom stereocenters. The van der Waals surface area contributed by atoms with Crippen molar-refractivity contribution < 1.29 is 35.6 Å². The second-order valence-electron chi connectivity index (χ2n) is 5.55. The molecule has 0 saturated carbocycles. The minimum atomic E-state index is 0. The van der Waals surface area contributed by atoms with Gasteiger partial charge < -0.3 is 9.41 Å². The summed E-state index contributed by atoms with van der Waals surface area (Å²) in [5, 5.41) is 0. The van der Waals surface area contributed by atoms with E-state index in [-0.39, 0.29) is 35.6 Å². The van der Waals surface area contributed by atoms with Crippen LogP contribution in [0, 0.1) is 13.8 Å². The molecular formula is C20H33F2SiZr. The van der Waals surface area contributed by atoms with E-state index in [2.05, 4.69) is 77.2 Å². The van der Waals surface area contributed by atoms with Crippen LogP contribution in [0.5, 0.6) is 0 Å². The average molecular weight is 431 g/mol. The van der Waals surface area contributed by atoms with Gasteiger partial charge in [0.15, 0.2) is 0 Å². The molecule has 2 aromatic carbocycles. The molecule has 2 rings (SSSR count). The summed E-state index contributed by atoms with van der Waals surface area (Å²) >= 11 is 0. The smallest absolute Gasteiger partial charge is 1.00 e. The molecule has 0 aromatic heterocycles. The van der Waals surface area contributed by atoms with E-state index in [9.17, 15) is 0 Å². The molecule has 0 fully saturated rings. The minimum Gasteiger partial charge on any atom is -1.00 e. The molecule has 1 radical (unpaired) electrons. The van der Waals surface area contributed by atoms with Crippen LogP contribution in [0.1, 0.15) is 48.9 Å². The van der Waals surface area contributed by atoms with Crippen LogP contribution >= 0.6 is 0 Å². The van der Waals surface area contributed by atoms with Crippen LogP contribution in [0.3, 0.4) is 0 Å². The van der Waals surface area contributed by atoms with Gasteiger partial charge in [-0.3, -0.25) is 0 Å². The zero-order valence-electron chi connectivity index (χ0n) is 16.1. The molecule has 0 heterocycles. The molecule has 2 aromatic rings. The largest absolute Gasteiger partial charge is 4.00 e. The Morgan fingerprint density at radius 1 is 0.792 bits per heavy atom. The number of rotatable bonds is 4. The fourth-order valence-electron chi connectivity index (χ4n) is 2.19. The van der Waals surface area contributed by atoms with Gasteiger partial charge >= 0.3 is 26.2 Å². The zero-order chi connectivity index (χ0) is 16.1. The topological polar surface area (TPSA) is 0 Å². The van der Waals surface area contributed by atoms with Crippen LogP contribution in [0.25, 0.3) is 0 Å². The summed E-state index contributed by atoms with van der Waals surface area (Å²) in [4.78, 5) is 0. The quantitative estimate of drug-likeness (QED) is 0.468. The summed E-state index contributed by atoms with van der Waals surface area (Å²) in [7, 11) is 0.750. The Kier molecular flexibility index (Phi) is 27.1. The van der Waals surface area contributed by atoms with E-state index >= 15 is 0 Å². The van der Waals surface area contributed by atoms with Crippen molar-refractivity contribution in [3.63, 3.8) is 0 Å². The van der Waals surface area contributed by atoms with Crippen molar-refractivity contribution in [1.29, 1.82) is 0 Å². The molecule has 24 heavy (non-hydrogen) atoms. The normalized spacial score (nSPS) is 8.25. The molecule has 0 bridgehead atoms. The second kappa shape index (κ2) is 20.7. The third kappa shape index (κ3) is 14.0. The molecule has 0 aliphatic rings. The van der Waals surface area contributed by atoms with Gasteiger partial charge in [0, 0.05) is 9.52 Å². The van der Waals surface area contributed by atoms with Gasteiger partial charge in [0.25, 0.3) is 0 Å². The molecule has 0 aliphatic carbocycles. The number of hydrogen-bond donors (Lipinski definition) is 0. The van der Waals surface area contributed by atoms with Gasteiger partial charge in [-0.05, 0) is 0 Å². The standard InChI is InChI=1S/2C9H13.C2H7Si.2FH.Zr/c2*1-3-5-9-7-4-6-8(9)2;1-3-2;;;/h2*4,6-7H,3,5H2,1-2H3;3H,1-2H3;2*1H;/q2*-1;;;;+4/p-2. The Labute approximate surface area is 169 Å². The van der Waals surface area contributed by atoms with Gasteiger partial charge in [-0.25, -0.2) is 24.3 Å². The van der Waals surface area contributed by atoms with Gasteiger partial charge in [0.2, 0.25) is 0 Å². The first-order valence-electron chi connectivity index (χ1n) is 8.26. The number of hydrogen-bond acceptors (Lipinski definition) is 0. The van der Waals surface area contributed by atoms with E-state index in [0.717, 1.165) is 9.52 Å². The van der Waals surface area contributed by atoms with E-state index < -0.39 is 0 Å². The molecule has 0 unspecified atom stereocenters. The summed E-state index contributed by atoms with van der Waals surface area (Å²) < 4.78 is 0. The molecular weight excluding hydrogens is 398 g/mol. The van der Waals surface area contributed by atoms with Crippen LogP contribution in [-0.4, -0.2) is 9.52 Å². The monoisotopic (exact) mass is 429 g/mol. The molecule has 135 valence electrons. The van der Waals surface area contributed by atoms with Crippen molar-refractivity contribution in [2.45, 2.75) is 66.5 Å². The van der Waals surface area contributed by atoms with E-state index in [4.69, 9.17) is 0 Å². The number of halogens is 2.